The average molecular weight is 667 g/mol. The van der Waals surface area contributed by atoms with E-state index < -0.39 is 0 Å². The molecule has 0 atom stereocenters. The van der Waals surface area contributed by atoms with E-state index in [1.807, 2.05) is 0 Å². The second-order valence-electron chi connectivity index (χ2n) is 13.4. The van der Waals surface area contributed by atoms with Gasteiger partial charge in [-0.05, 0) is 79.7 Å². The summed E-state index contributed by atoms with van der Waals surface area (Å²) in [5.41, 5.74) is 12.2. The fourth-order valence-corrected chi connectivity index (χ4v) is 7.87. The minimum absolute atomic E-state index is 0.693. The molecule has 8 aromatic carbocycles. The zero-order valence-electron chi connectivity index (χ0n) is 28.5. The molecule has 9 aromatic rings. The van der Waals surface area contributed by atoms with E-state index in [0.717, 1.165) is 50.5 Å². The minimum atomic E-state index is 0.693. The van der Waals surface area contributed by atoms with Gasteiger partial charge in [0.05, 0.1) is 5.69 Å². The smallest absolute Gasteiger partial charge is 0.158 e. The summed E-state index contributed by atoms with van der Waals surface area (Å²) in [4.78, 5) is 2.36. The summed E-state index contributed by atoms with van der Waals surface area (Å²) in [6, 6.07) is 65.1. The van der Waals surface area contributed by atoms with E-state index in [9.17, 15) is 0 Å². The normalized spacial score (nSPS) is 12.4. The topological polar surface area (TPSA) is 28.4 Å². The van der Waals surface area contributed by atoms with Crippen LogP contribution < -0.4 is 10.2 Å². The molecule has 0 fully saturated rings. The molecule has 246 valence electrons. The van der Waals surface area contributed by atoms with Crippen LogP contribution in [-0.4, -0.2) is 0 Å². The highest BCUT2D eigenvalue weighted by Crippen LogP contribution is 2.46. The largest absolute Gasteiger partial charge is 0.454 e. The van der Waals surface area contributed by atoms with Crippen molar-refractivity contribution in [2.75, 3.05) is 4.90 Å². The van der Waals surface area contributed by atoms with Crippen LogP contribution in [0.4, 0.5) is 11.4 Å². The van der Waals surface area contributed by atoms with Crippen molar-refractivity contribution in [2.45, 2.75) is 6.54 Å². The molecule has 10 rings (SSSR count). The fourth-order valence-electron chi connectivity index (χ4n) is 7.87. The molecule has 1 N–H and O–H groups in total. The number of nitrogens with zero attached hydrogens (tertiary/aromatic N) is 1. The molecule has 0 unspecified atom stereocenters. The third-order valence-electron chi connectivity index (χ3n) is 10.3. The summed E-state index contributed by atoms with van der Waals surface area (Å²) in [5.74, 6) is 0.884. The van der Waals surface area contributed by atoms with Gasteiger partial charge < -0.3 is 14.6 Å². The molecule has 0 saturated heterocycles. The number of hydrogen-bond acceptors (Lipinski definition) is 3. The van der Waals surface area contributed by atoms with Gasteiger partial charge in [-0.15, -0.1) is 0 Å². The Kier molecular flexibility index (Phi) is 7.21. The molecule has 0 saturated carbocycles. The molecule has 52 heavy (non-hydrogen) atoms. The van der Waals surface area contributed by atoms with Crippen LogP contribution in [0.25, 0.3) is 71.6 Å². The molecular weight excluding hydrogens is 633 g/mol. The third kappa shape index (κ3) is 5.06. The summed E-state index contributed by atoms with van der Waals surface area (Å²) in [7, 11) is 0. The molecule has 3 nitrogen and oxygen atoms in total. The maximum absolute atomic E-state index is 6.86. The SMILES string of the molecule is C1=C(N(c2cccc(-c3ccc(-c4ccccc4)c4ccccc34)c2)c2ccccc2-c2ccccc2)c2oc3cc4ccccc4cc3c2CN1. The summed E-state index contributed by atoms with van der Waals surface area (Å²) < 4.78 is 6.86. The number of furan rings is 1. The van der Waals surface area contributed by atoms with Gasteiger partial charge in [0.25, 0.3) is 0 Å². The Bertz CT molecular complexity index is 2800. The van der Waals surface area contributed by atoms with Gasteiger partial charge in [-0.3, -0.25) is 0 Å². The highest BCUT2D eigenvalue weighted by atomic mass is 16.3. The number of hydrogen-bond donors (Lipinski definition) is 1. The van der Waals surface area contributed by atoms with Crippen molar-refractivity contribution in [1.29, 1.82) is 0 Å². The molecule has 1 aromatic heterocycles. The summed E-state index contributed by atoms with van der Waals surface area (Å²) in [5, 5.41) is 9.61. The summed E-state index contributed by atoms with van der Waals surface area (Å²) >= 11 is 0. The highest BCUT2D eigenvalue weighted by molar-refractivity contribution is 6.06. The minimum Gasteiger partial charge on any atom is -0.454 e. The van der Waals surface area contributed by atoms with E-state index in [-0.39, 0.29) is 0 Å². The zero-order valence-corrected chi connectivity index (χ0v) is 28.5. The van der Waals surface area contributed by atoms with E-state index >= 15 is 0 Å². The predicted octanol–water partition coefficient (Wildman–Crippen LogP) is 13.0. The predicted molar refractivity (Wildman–Crippen MR) is 217 cm³/mol. The quantitative estimate of drug-likeness (QED) is 0.191. The Balaban J connectivity index is 1.18. The van der Waals surface area contributed by atoms with Crippen molar-refractivity contribution in [1.82, 2.24) is 5.32 Å². The maximum Gasteiger partial charge on any atom is 0.158 e. The Labute approximate surface area is 302 Å². The number of fused-ring (bicyclic) bond motifs is 5. The average Bonchev–Trinajstić information content (AvgIpc) is 3.58. The fraction of sp³-hybridized carbons (Fsp3) is 0.0204. The number of rotatable bonds is 6. The van der Waals surface area contributed by atoms with Gasteiger partial charge in [0, 0.05) is 34.9 Å². The van der Waals surface area contributed by atoms with E-state index in [4.69, 9.17) is 4.42 Å². The van der Waals surface area contributed by atoms with Crippen LogP contribution in [0.15, 0.2) is 193 Å². The van der Waals surface area contributed by atoms with Crippen molar-refractivity contribution in [3.63, 3.8) is 0 Å². The molecule has 2 heterocycles. The molecule has 1 aliphatic rings. The van der Waals surface area contributed by atoms with Crippen molar-refractivity contribution >= 4 is 49.6 Å². The van der Waals surface area contributed by atoms with E-state index in [1.54, 1.807) is 0 Å². The Morgan fingerprint density at radius 3 is 1.81 bits per heavy atom. The third-order valence-corrected chi connectivity index (χ3v) is 10.3. The Hall–Kier alpha value is -6.84. The van der Waals surface area contributed by atoms with Gasteiger partial charge in [0.2, 0.25) is 0 Å². The van der Waals surface area contributed by atoms with Crippen LogP contribution in [0.1, 0.15) is 11.3 Å². The van der Waals surface area contributed by atoms with Gasteiger partial charge in [-0.2, -0.15) is 0 Å². The van der Waals surface area contributed by atoms with Crippen LogP contribution in [-0.2, 0) is 6.54 Å². The van der Waals surface area contributed by atoms with Crippen molar-refractivity contribution in [2.24, 2.45) is 0 Å². The summed E-state index contributed by atoms with van der Waals surface area (Å²) in [6.45, 7) is 0.693. The van der Waals surface area contributed by atoms with Crippen LogP contribution in [0.3, 0.4) is 0 Å². The lowest BCUT2D eigenvalue weighted by molar-refractivity contribution is 0.584. The molecule has 0 bridgehead atoms. The molecule has 0 spiro atoms. The first-order valence-electron chi connectivity index (χ1n) is 17.8. The molecule has 0 aliphatic carbocycles. The Morgan fingerprint density at radius 2 is 1.06 bits per heavy atom. The van der Waals surface area contributed by atoms with Gasteiger partial charge in [0.1, 0.15) is 11.3 Å². The molecule has 3 heteroatoms. The number of nitrogens with one attached hydrogen (secondary N) is 1. The van der Waals surface area contributed by atoms with E-state index in [2.05, 4.69) is 198 Å². The Morgan fingerprint density at radius 1 is 0.462 bits per heavy atom. The van der Waals surface area contributed by atoms with E-state index in [0.29, 0.717) is 6.54 Å². The number of benzene rings is 8. The summed E-state index contributed by atoms with van der Waals surface area (Å²) in [6.07, 6.45) is 2.11. The van der Waals surface area contributed by atoms with E-state index in [1.165, 1.54) is 43.8 Å². The lowest BCUT2D eigenvalue weighted by atomic mass is 9.92. The lowest BCUT2D eigenvalue weighted by Gasteiger charge is -2.31. The van der Waals surface area contributed by atoms with Gasteiger partial charge in [-0.25, -0.2) is 0 Å². The monoisotopic (exact) mass is 666 g/mol. The van der Waals surface area contributed by atoms with Crippen LogP contribution in [0.5, 0.6) is 0 Å². The number of para-hydroxylation sites is 1. The zero-order chi connectivity index (χ0) is 34.4. The first kappa shape index (κ1) is 30.0. The molecule has 1 aliphatic heterocycles. The highest BCUT2D eigenvalue weighted by Gasteiger charge is 2.29. The second kappa shape index (κ2) is 12.5. The first-order valence-corrected chi connectivity index (χ1v) is 17.8. The lowest BCUT2D eigenvalue weighted by Crippen LogP contribution is -2.23. The van der Waals surface area contributed by atoms with Crippen LogP contribution >= 0.6 is 0 Å². The second-order valence-corrected chi connectivity index (χ2v) is 13.4. The maximum atomic E-state index is 6.86. The van der Waals surface area contributed by atoms with Crippen molar-refractivity contribution in [3.05, 3.63) is 200 Å². The number of anilines is 2. The van der Waals surface area contributed by atoms with Crippen molar-refractivity contribution < 1.29 is 4.42 Å². The van der Waals surface area contributed by atoms with Crippen LogP contribution in [0, 0.1) is 0 Å². The standard InChI is InChI=1S/C49H34N2O/c1-3-14-33(15-4-1)39-26-27-40(43-24-10-9-23-42(39)43)37-20-13-21-38(28-37)51(46-25-12-11-22-41(46)34-16-5-2-6-17-34)47-32-50-31-45-44-29-35-18-7-8-19-36(35)30-48(44)52-49(45)47/h1-30,32,50H,31H2. The first-order chi connectivity index (χ1) is 25.8. The van der Waals surface area contributed by atoms with Gasteiger partial charge >= 0.3 is 0 Å². The van der Waals surface area contributed by atoms with Crippen LogP contribution in [0.2, 0.25) is 0 Å². The molecule has 0 amide bonds. The van der Waals surface area contributed by atoms with Gasteiger partial charge in [0.15, 0.2) is 5.76 Å². The van der Waals surface area contributed by atoms with Gasteiger partial charge in [-0.1, -0.05) is 152 Å². The molecule has 0 radical (unpaired) electrons. The molecular formula is C49H34N2O. The van der Waals surface area contributed by atoms with Crippen molar-refractivity contribution in [3.8, 4) is 33.4 Å².